The average Bonchev–Trinajstić information content (AvgIpc) is 2.80. The molecule has 0 aliphatic rings. The van der Waals surface area contributed by atoms with Crippen LogP contribution in [0.4, 0.5) is 10.1 Å². The molecule has 4 rings (SSSR count). The molecular weight excluding hydrogens is 413 g/mol. The highest BCUT2D eigenvalue weighted by atomic mass is 19.1. The minimum Gasteiger partial charge on any atom is -0.324 e. The van der Waals surface area contributed by atoms with Crippen molar-refractivity contribution < 1.29 is 9.18 Å². The lowest BCUT2D eigenvalue weighted by atomic mass is 10.2. The fourth-order valence-corrected chi connectivity index (χ4v) is 3.36. The number of nitrogens with one attached hydrogen (secondary N) is 1. The van der Waals surface area contributed by atoms with Crippen molar-refractivity contribution in [1.29, 1.82) is 0 Å². The number of aromatic nitrogens is 4. The van der Waals surface area contributed by atoms with Gasteiger partial charge in [0.1, 0.15) is 17.7 Å². The summed E-state index contributed by atoms with van der Waals surface area (Å²) in [4.78, 5) is 47.2. The van der Waals surface area contributed by atoms with Gasteiger partial charge in [0, 0.05) is 24.0 Å². The van der Waals surface area contributed by atoms with E-state index in [-0.39, 0.29) is 23.3 Å². The molecule has 9 heteroatoms. The Labute approximate surface area is 182 Å². The first kappa shape index (κ1) is 21.1. The molecule has 0 fully saturated rings. The molecule has 2 heterocycles. The van der Waals surface area contributed by atoms with Gasteiger partial charge >= 0.3 is 5.69 Å². The van der Waals surface area contributed by atoms with Gasteiger partial charge in [-0.1, -0.05) is 36.4 Å². The highest BCUT2D eigenvalue weighted by molar-refractivity contribution is 5.90. The number of fused-ring (bicyclic) bond motifs is 1. The van der Waals surface area contributed by atoms with E-state index in [1.165, 1.54) is 22.9 Å². The molecule has 2 aromatic heterocycles. The van der Waals surface area contributed by atoms with E-state index in [1.807, 2.05) is 30.3 Å². The van der Waals surface area contributed by atoms with Gasteiger partial charge in [-0.05, 0) is 31.5 Å². The first-order valence-electron chi connectivity index (χ1n) is 10.0. The van der Waals surface area contributed by atoms with Crippen LogP contribution in [0.3, 0.4) is 0 Å². The van der Waals surface area contributed by atoms with Crippen molar-refractivity contribution in [3.63, 3.8) is 0 Å². The Balaban J connectivity index is 1.73. The number of hydrogen-bond acceptors (Lipinski definition) is 5. The average molecular weight is 433 g/mol. The van der Waals surface area contributed by atoms with Crippen LogP contribution in [0.2, 0.25) is 0 Å². The number of nitrogens with zero attached hydrogens (tertiary/aromatic N) is 4. The lowest BCUT2D eigenvalue weighted by molar-refractivity contribution is -0.116. The minimum absolute atomic E-state index is 0.125. The summed E-state index contributed by atoms with van der Waals surface area (Å²) >= 11 is 0. The van der Waals surface area contributed by atoms with Crippen molar-refractivity contribution in [3.8, 4) is 11.4 Å². The second-order valence-electron chi connectivity index (χ2n) is 7.23. The van der Waals surface area contributed by atoms with Gasteiger partial charge in [-0.2, -0.15) is 0 Å². The van der Waals surface area contributed by atoms with Crippen LogP contribution >= 0.6 is 0 Å². The third-order valence-corrected chi connectivity index (χ3v) is 5.07. The SMILES string of the molecule is CCn1c(=O)n(CC(=O)Nc2ccc(C)c(F)c2)c(=O)c2cnc(-c3ccccc3)nc21. The minimum atomic E-state index is -0.667. The molecule has 4 aromatic rings. The maximum Gasteiger partial charge on any atom is 0.333 e. The Morgan fingerprint density at radius 3 is 2.53 bits per heavy atom. The molecule has 0 spiro atoms. The maximum absolute atomic E-state index is 13.7. The normalized spacial score (nSPS) is 11.0. The van der Waals surface area contributed by atoms with Crippen molar-refractivity contribution in [2.45, 2.75) is 26.9 Å². The molecule has 0 saturated heterocycles. The number of aryl methyl sites for hydroxylation is 2. The number of hydrogen-bond donors (Lipinski definition) is 1. The number of amides is 1. The zero-order valence-corrected chi connectivity index (χ0v) is 17.5. The fraction of sp³-hybridized carbons (Fsp3) is 0.174. The standard InChI is InChI=1S/C23H20FN5O3/c1-3-28-21-17(12-25-20(27-21)15-7-5-4-6-8-15)22(31)29(23(28)32)13-19(30)26-16-10-9-14(2)18(24)11-16/h4-12H,3,13H2,1-2H3,(H,26,30). The third kappa shape index (κ3) is 3.92. The predicted octanol–water partition coefficient (Wildman–Crippen LogP) is 2.73. The summed E-state index contributed by atoms with van der Waals surface area (Å²) in [6.07, 6.45) is 1.36. The number of carbonyl (C=O) groups is 1. The van der Waals surface area contributed by atoms with Gasteiger partial charge in [-0.25, -0.2) is 19.2 Å². The van der Waals surface area contributed by atoms with Crippen LogP contribution < -0.4 is 16.6 Å². The van der Waals surface area contributed by atoms with Crippen LogP contribution in [0.1, 0.15) is 12.5 Å². The molecule has 0 bridgehead atoms. The van der Waals surface area contributed by atoms with Crippen LogP contribution in [-0.4, -0.2) is 25.0 Å². The van der Waals surface area contributed by atoms with Crippen LogP contribution in [-0.2, 0) is 17.9 Å². The molecule has 162 valence electrons. The van der Waals surface area contributed by atoms with Crippen molar-refractivity contribution in [1.82, 2.24) is 19.1 Å². The summed E-state index contributed by atoms with van der Waals surface area (Å²) in [5, 5.41) is 2.64. The zero-order valence-electron chi connectivity index (χ0n) is 17.5. The summed E-state index contributed by atoms with van der Waals surface area (Å²) in [5.74, 6) is -0.711. The quantitative estimate of drug-likeness (QED) is 0.522. The number of carbonyl (C=O) groups excluding carboxylic acids is 1. The highest BCUT2D eigenvalue weighted by Crippen LogP contribution is 2.16. The molecule has 8 nitrogen and oxygen atoms in total. The van der Waals surface area contributed by atoms with Gasteiger partial charge in [0.15, 0.2) is 11.5 Å². The summed E-state index contributed by atoms with van der Waals surface area (Å²) in [6.45, 7) is 3.07. The van der Waals surface area contributed by atoms with Gasteiger partial charge in [0.05, 0.1) is 0 Å². The fourth-order valence-electron chi connectivity index (χ4n) is 3.36. The van der Waals surface area contributed by atoms with Gasteiger partial charge < -0.3 is 5.32 Å². The second-order valence-corrected chi connectivity index (χ2v) is 7.23. The molecule has 2 aromatic carbocycles. The third-order valence-electron chi connectivity index (χ3n) is 5.07. The predicted molar refractivity (Wildman–Crippen MR) is 119 cm³/mol. The number of benzene rings is 2. The van der Waals surface area contributed by atoms with E-state index in [1.54, 1.807) is 19.9 Å². The van der Waals surface area contributed by atoms with Crippen molar-refractivity contribution in [3.05, 3.63) is 86.9 Å². The van der Waals surface area contributed by atoms with Crippen molar-refractivity contribution >= 4 is 22.6 Å². The lowest BCUT2D eigenvalue weighted by Gasteiger charge is -2.13. The van der Waals surface area contributed by atoms with E-state index >= 15 is 0 Å². The molecule has 1 amide bonds. The summed E-state index contributed by atoms with van der Waals surface area (Å²) in [6, 6.07) is 13.4. The van der Waals surface area contributed by atoms with Crippen LogP contribution in [0.15, 0.2) is 64.3 Å². The molecule has 0 atom stereocenters. The summed E-state index contributed by atoms with van der Waals surface area (Å²) in [7, 11) is 0. The van der Waals surface area contributed by atoms with Gasteiger partial charge in [0.25, 0.3) is 5.56 Å². The van der Waals surface area contributed by atoms with Crippen LogP contribution in [0.25, 0.3) is 22.4 Å². The highest BCUT2D eigenvalue weighted by Gasteiger charge is 2.17. The maximum atomic E-state index is 13.7. The number of anilines is 1. The smallest absolute Gasteiger partial charge is 0.324 e. The molecule has 32 heavy (non-hydrogen) atoms. The molecular formula is C23H20FN5O3. The van der Waals surface area contributed by atoms with E-state index in [9.17, 15) is 18.8 Å². The largest absolute Gasteiger partial charge is 0.333 e. The van der Waals surface area contributed by atoms with Gasteiger partial charge in [-0.3, -0.25) is 18.7 Å². The van der Waals surface area contributed by atoms with Gasteiger partial charge in [0.2, 0.25) is 5.91 Å². The first-order valence-corrected chi connectivity index (χ1v) is 10.0. The van der Waals surface area contributed by atoms with E-state index in [0.29, 0.717) is 11.4 Å². The zero-order chi connectivity index (χ0) is 22.8. The van der Waals surface area contributed by atoms with E-state index in [0.717, 1.165) is 10.1 Å². The Kier molecular flexibility index (Phi) is 5.63. The molecule has 0 radical (unpaired) electrons. The molecule has 0 saturated carbocycles. The molecule has 0 aliphatic heterocycles. The number of halogens is 1. The van der Waals surface area contributed by atoms with Gasteiger partial charge in [-0.15, -0.1) is 0 Å². The van der Waals surface area contributed by atoms with Crippen molar-refractivity contribution in [2.75, 3.05) is 5.32 Å². The number of rotatable bonds is 5. The topological polar surface area (TPSA) is 98.9 Å². The van der Waals surface area contributed by atoms with Crippen molar-refractivity contribution in [2.24, 2.45) is 0 Å². The monoisotopic (exact) mass is 433 g/mol. The Morgan fingerprint density at radius 1 is 1.09 bits per heavy atom. The lowest BCUT2D eigenvalue weighted by Crippen LogP contribution is -2.42. The Bertz CT molecular complexity index is 1440. The van der Waals surface area contributed by atoms with E-state index in [2.05, 4.69) is 15.3 Å². The summed E-state index contributed by atoms with van der Waals surface area (Å²) in [5.41, 5.74) is 0.299. The van der Waals surface area contributed by atoms with Crippen LogP contribution in [0.5, 0.6) is 0 Å². The summed E-state index contributed by atoms with van der Waals surface area (Å²) < 4.78 is 15.9. The first-order chi connectivity index (χ1) is 15.4. The van der Waals surface area contributed by atoms with E-state index in [4.69, 9.17) is 0 Å². The Morgan fingerprint density at radius 2 is 1.84 bits per heavy atom. The van der Waals surface area contributed by atoms with E-state index < -0.39 is 29.5 Å². The Hall–Kier alpha value is -4.14. The molecule has 0 aliphatic carbocycles. The molecule has 0 unspecified atom stereocenters. The molecule has 1 N–H and O–H groups in total. The van der Waals surface area contributed by atoms with Crippen LogP contribution in [0, 0.1) is 12.7 Å². The second kappa shape index (κ2) is 8.54.